The number of nitrogens with zero attached hydrogens (tertiary/aromatic N) is 1. The third-order valence-electron chi connectivity index (χ3n) is 5.51. The lowest BCUT2D eigenvalue weighted by Crippen LogP contribution is -2.63. The SMILES string of the molecule is CC(C)(C)[Si](C)(C)[C@]1(n2ccc(=O)[nH]c2=O)C[C@H](O)[C@@H](CO)O1. The van der Waals surface area contributed by atoms with Crippen LogP contribution in [-0.2, 0) is 10.1 Å². The van der Waals surface area contributed by atoms with Gasteiger partial charge >= 0.3 is 5.69 Å². The third kappa shape index (κ3) is 2.73. The van der Waals surface area contributed by atoms with Crippen molar-refractivity contribution in [2.75, 3.05) is 6.61 Å². The maximum absolute atomic E-state index is 12.4. The number of nitrogens with one attached hydrogen (secondary N) is 1. The zero-order chi connectivity index (χ0) is 17.6. The van der Waals surface area contributed by atoms with Crippen LogP contribution in [0.25, 0.3) is 0 Å². The Labute approximate surface area is 135 Å². The van der Waals surface area contributed by atoms with Gasteiger partial charge in [0.15, 0.2) is 0 Å². The zero-order valence-electron chi connectivity index (χ0n) is 14.3. The van der Waals surface area contributed by atoms with E-state index in [2.05, 4.69) is 38.8 Å². The van der Waals surface area contributed by atoms with Crippen LogP contribution in [0.3, 0.4) is 0 Å². The molecule has 3 N–H and O–H groups in total. The van der Waals surface area contributed by atoms with E-state index in [1.807, 2.05) is 0 Å². The Morgan fingerprint density at radius 2 is 2.04 bits per heavy atom. The topological polar surface area (TPSA) is 105 Å². The highest BCUT2D eigenvalue weighted by atomic mass is 28.3. The van der Waals surface area contributed by atoms with Crippen LogP contribution in [-0.4, -0.2) is 46.7 Å². The van der Waals surface area contributed by atoms with Gasteiger partial charge in [0, 0.05) is 18.7 Å². The van der Waals surface area contributed by atoms with E-state index in [0.717, 1.165) is 0 Å². The number of H-pyrrole nitrogens is 1. The van der Waals surface area contributed by atoms with Crippen molar-refractivity contribution in [3.63, 3.8) is 0 Å². The van der Waals surface area contributed by atoms with Crippen LogP contribution in [0.1, 0.15) is 27.2 Å². The first kappa shape index (κ1) is 18.1. The molecule has 1 aliphatic rings. The molecule has 0 radical (unpaired) electrons. The average molecular weight is 342 g/mol. The quantitative estimate of drug-likeness (QED) is 0.689. The van der Waals surface area contributed by atoms with Crippen molar-refractivity contribution in [2.45, 2.75) is 62.9 Å². The molecule has 0 aromatic carbocycles. The minimum Gasteiger partial charge on any atom is -0.394 e. The van der Waals surface area contributed by atoms with Gasteiger partial charge in [0.05, 0.1) is 12.7 Å². The van der Waals surface area contributed by atoms with E-state index in [-0.39, 0.29) is 18.1 Å². The standard InChI is InChI=1S/C15H26N2O5Si/c1-14(2,3)23(4,5)15(8-10(19)11(9-18)22-15)17-7-6-12(20)16-13(17)21/h6-7,10-11,18-19H,8-9H2,1-5H3,(H,16,20,21)/t10-,11+,15-/m0/s1. The molecule has 0 aliphatic carbocycles. The molecule has 0 bridgehead atoms. The first-order valence-corrected chi connectivity index (χ1v) is 10.8. The maximum Gasteiger partial charge on any atom is 0.330 e. The highest BCUT2D eigenvalue weighted by Gasteiger charge is 2.61. The van der Waals surface area contributed by atoms with Crippen LogP contribution in [0, 0.1) is 0 Å². The highest BCUT2D eigenvalue weighted by molar-refractivity contribution is 6.81. The van der Waals surface area contributed by atoms with Gasteiger partial charge in [-0.1, -0.05) is 33.9 Å². The number of aliphatic hydroxyl groups is 2. The van der Waals surface area contributed by atoms with Gasteiger partial charge in [-0.05, 0) is 5.04 Å². The van der Waals surface area contributed by atoms with Gasteiger partial charge in [0.25, 0.3) is 5.56 Å². The van der Waals surface area contributed by atoms with Gasteiger partial charge < -0.3 is 14.9 Å². The Kier molecular flexibility index (Phi) is 4.49. The molecule has 0 spiro atoms. The van der Waals surface area contributed by atoms with Crippen molar-refractivity contribution in [1.82, 2.24) is 9.55 Å². The van der Waals surface area contributed by atoms with Crippen molar-refractivity contribution in [3.05, 3.63) is 33.1 Å². The Balaban J connectivity index is 2.72. The van der Waals surface area contributed by atoms with Crippen molar-refractivity contribution in [2.24, 2.45) is 0 Å². The highest BCUT2D eigenvalue weighted by Crippen LogP contribution is 2.51. The Hall–Kier alpha value is -1.22. The van der Waals surface area contributed by atoms with Crippen LogP contribution in [0.5, 0.6) is 0 Å². The lowest BCUT2D eigenvalue weighted by Gasteiger charge is -2.50. The van der Waals surface area contributed by atoms with Crippen molar-refractivity contribution in [1.29, 1.82) is 0 Å². The van der Waals surface area contributed by atoms with Gasteiger partial charge in [-0.15, -0.1) is 0 Å². The molecule has 1 aliphatic heterocycles. The largest absolute Gasteiger partial charge is 0.394 e. The summed E-state index contributed by atoms with van der Waals surface area (Å²) in [7, 11) is -2.36. The molecule has 8 heteroatoms. The summed E-state index contributed by atoms with van der Waals surface area (Å²) in [4.78, 5) is 26.1. The number of aromatic nitrogens is 2. The van der Waals surface area contributed by atoms with E-state index in [1.54, 1.807) is 0 Å². The normalized spacial score (nSPS) is 29.0. The fraction of sp³-hybridized carbons (Fsp3) is 0.733. The van der Waals surface area contributed by atoms with Crippen LogP contribution < -0.4 is 11.2 Å². The molecule has 1 saturated heterocycles. The molecular weight excluding hydrogens is 316 g/mol. The van der Waals surface area contributed by atoms with E-state index < -0.39 is 36.9 Å². The number of ether oxygens (including phenoxy) is 1. The predicted octanol–water partition coefficient (Wildman–Crippen LogP) is 0.379. The molecule has 1 aromatic heterocycles. The first-order chi connectivity index (χ1) is 10.5. The van der Waals surface area contributed by atoms with Gasteiger partial charge in [-0.2, -0.15) is 0 Å². The van der Waals surface area contributed by atoms with Crippen LogP contribution >= 0.6 is 0 Å². The van der Waals surface area contributed by atoms with E-state index in [9.17, 15) is 19.8 Å². The second-order valence-corrected chi connectivity index (χ2v) is 13.3. The van der Waals surface area contributed by atoms with E-state index in [4.69, 9.17) is 4.74 Å². The summed E-state index contributed by atoms with van der Waals surface area (Å²) >= 11 is 0. The van der Waals surface area contributed by atoms with E-state index in [0.29, 0.717) is 0 Å². The zero-order valence-corrected chi connectivity index (χ0v) is 15.3. The molecule has 7 nitrogen and oxygen atoms in total. The summed E-state index contributed by atoms with van der Waals surface area (Å²) in [5.74, 6) is 0. The summed E-state index contributed by atoms with van der Waals surface area (Å²) in [5.41, 5.74) is -1.04. The Morgan fingerprint density at radius 3 is 2.48 bits per heavy atom. The fourth-order valence-electron chi connectivity index (χ4n) is 3.10. The third-order valence-corrected chi connectivity index (χ3v) is 11.8. The predicted molar refractivity (Wildman–Crippen MR) is 89.1 cm³/mol. The molecule has 2 rings (SSSR count). The summed E-state index contributed by atoms with van der Waals surface area (Å²) in [6.45, 7) is 10.1. The van der Waals surface area contributed by atoms with Gasteiger partial charge in [-0.25, -0.2) is 4.79 Å². The minimum absolute atomic E-state index is 0.146. The van der Waals surface area contributed by atoms with Gasteiger partial charge in [-0.3, -0.25) is 14.3 Å². The number of hydrogen-bond acceptors (Lipinski definition) is 5. The van der Waals surface area contributed by atoms with Gasteiger partial charge in [0.2, 0.25) is 0 Å². The molecule has 0 saturated carbocycles. The van der Waals surface area contributed by atoms with E-state index in [1.165, 1.54) is 16.8 Å². The van der Waals surface area contributed by atoms with Gasteiger partial charge in [0.1, 0.15) is 19.5 Å². The molecule has 130 valence electrons. The van der Waals surface area contributed by atoms with Crippen LogP contribution in [0.4, 0.5) is 0 Å². The Bertz CT molecular complexity index is 690. The van der Waals surface area contributed by atoms with E-state index >= 15 is 0 Å². The summed E-state index contributed by atoms with van der Waals surface area (Å²) < 4.78 is 7.50. The van der Waals surface area contributed by atoms with Crippen molar-refractivity contribution >= 4 is 8.07 Å². The molecular formula is C15H26N2O5Si. The minimum atomic E-state index is -2.36. The van der Waals surface area contributed by atoms with Crippen LogP contribution in [0.2, 0.25) is 18.1 Å². The summed E-state index contributed by atoms with van der Waals surface area (Å²) in [6.07, 6.45) is 0.0188. The molecule has 3 atom stereocenters. The summed E-state index contributed by atoms with van der Waals surface area (Å²) in [5, 5.41) is 18.6. The summed E-state index contributed by atoms with van der Waals surface area (Å²) in [6, 6.07) is 1.28. The Morgan fingerprint density at radius 1 is 1.43 bits per heavy atom. The molecule has 23 heavy (non-hydrogen) atoms. The number of aliphatic hydroxyl groups excluding tert-OH is 2. The molecule has 1 aromatic rings. The van der Waals surface area contributed by atoms with Crippen LogP contribution in [0.15, 0.2) is 21.9 Å². The second kappa shape index (κ2) is 5.69. The second-order valence-electron chi connectivity index (χ2n) is 7.75. The molecule has 2 heterocycles. The average Bonchev–Trinajstić information content (AvgIpc) is 2.75. The maximum atomic E-state index is 12.4. The number of hydrogen-bond donors (Lipinski definition) is 3. The number of rotatable bonds is 3. The fourth-order valence-corrected chi connectivity index (χ4v) is 6.21. The number of aromatic amines is 1. The monoisotopic (exact) mass is 342 g/mol. The molecule has 0 amide bonds. The van der Waals surface area contributed by atoms with Crippen molar-refractivity contribution in [3.8, 4) is 0 Å². The smallest absolute Gasteiger partial charge is 0.330 e. The lowest BCUT2D eigenvalue weighted by molar-refractivity contribution is -0.0777. The van der Waals surface area contributed by atoms with Crippen molar-refractivity contribution < 1.29 is 14.9 Å². The first-order valence-electron chi connectivity index (χ1n) is 7.75. The molecule has 0 unspecified atom stereocenters. The molecule has 1 fully saturated rings. The lowest BCUT2D eigenvalue weighted by atomic mass is 10.2.